The quantitative estimate of drug-likeness (QED) is 0.879. The number of rotatable bonds is 5. The first-order valence-corrected chi connectivity index (χ1v) is 7.47. The van der Waals surface area contributed by atoms with Crippen LogP contribution in [0.2, 0.25) is 0 Å². The Labute approximate surface area is 124 Å². The number of benzene rings is 2. The van der Waals surface area contributed by atoms with Crippen LogP contribution in [0.3, 0.4) is 0 Å². The number of phenolic OH excluding ortho intramolecular Hbond substituents is 1. The number of hydrogen-bond donors (Lipinski definition) is 2. The first-order valence-electron chi connectivity index (χ1n) is 7.47. The van der Waals surface area contributed by atoms with E-state index in [0.29, 0.717) is 17.7 Å². The molecule has 0 aliphatic heterocycles. The Balaban J connectivity index is 1.40. The molecule has 0 amide bonds. The minimum absolute atomic E-state index is 0.142. The topological polar surface area (TPSA) is 32.3 Å². The minimum Gasteiger partial charge on any atom is -0.508 e. The average molecular weight is 285 g/mol. The van der Waals surface area contributed by atoms with Crippen molar-refractivity contribution in [3.05, 3.63) is 65.5 Å². The zero-order chi connectivity index (χ0) is 14.7. The van der Waals surface area contributed by atoms with Gasteiger partial charge in [-0.15, -0.1) is 0 Å². The van der Waals surface area contributed by atoms with Crippen molar-refractivity contribution in [1.29, 1.82) is 0 Å². The number of halogens is 1. The third kappa shape index (κ3) is 3.61. The monoisotopic (exact) mass is 285 g/mol. The van der Waals surface area contributed by atoms with E-state index in [2.05, 4.69) is 5.32 Å². The van der Waals surface area contributed by atoms with Gasteiger partial charge in [0, 0.05) is 6.04 Å². The molecular formula is C18H20FNO. The molecule has 0 aromatic heterocycles. The summed E-state index contributed by atoms with van der Waals surface area (Å²) in [5.74, 6) is 0.659. The summed E-state index contributed by atoms with van der Waals surface area (Å²) in [7, 11) is 0. The van der Waals surface area contributed by atoms with Gasteiger partial charge in [0.05, 0.1) is 0 Å². The SMILES string of the molecule is Oc1ccc(CCNC2CC(c3cccc(F)c3)C2)cc1. The van der Waals surface area contributed by atoms with Gasteiger partial charge in [0.25, 0.3) is 0 Å². The lowest BCUT2D eigenvalue weighted by atomic mass is 9.76. The smallest absolute Gasteiger partial charge is 0.123 e. The molecule has 2 aromatic rings. The summed E-state index contributed by atoms with van der Waals surface area (Å²) in [4.78, 5) is 0. The van der Waals surface area contributed by atoms with Crippen molar-refractivity contribution < 1.29 is 9.50 Å². The molecule has 1 fully saturated rings. The molecule has 2 nitrogen and oxygen atoms in total. The Morgan fingerprint density at radius 3 is 2.57 bits per heavy atom. The maximum atomic E-state index is 13.2. The van der Waals surface area contributed by atoms with E-state index < -0.39 is 0 Å². The van der Waals surface area contributed by atoms with Crippen LogP contribution < -0.4 is 5.32 Å². The Hall–Kier alpha value is -1.87. The largest absolute Gasteiger partial charge is 0.508 e. The predicted octanol–water partition coefficient (Wildman–Crippen LogP) is 3.61. The van der Waals surface area contributed by atoms with E-state index in [1.54, 1.807) is 24.3 Å². The van der Waals surface area contributed by atoms with Crippen molar-refractivity contribution in [1.82, 2.24) is 5.32 Å². The van der Waals surface area contributed by atoms with Crippen LogP contribution in [0.15, 0.2) is 48.5 Å². The molecule has 1 saturated carbocycles. The molecule has 21 heavy (non-hydrogen) atoms. The van der Waals surface area contributed by atoms with E-state index in [-0.39, 0.29) is 5.82 Å². The van der Waals surface area contributed by atoms with E-state index in [0.717, 1.165) is 31.4 Å². The van der Waals surface area contributed by atoms with Gasteiger partial charge in [-0.05, 0) is 67.1 Å². The molecule has 1 aliphatic carbocycles. The molecule has 110 valence electrons. The summed E-state index contributed by atoms with van der Waals surface area (Å²) in [6.07, 6.45) is 3.12. The van der Waals surface area contributed by atoms with Crippen molar-refractivity contribution in [2.24, 2.45) is 0 Å². The van der Waals surface area contributed by atoms with Crippen molar-refractivity contribution in [2.45, 2.75) is 31.2 Å². The molecule has 0 heterocycles. The van der Waals surface area contributed by atoms with E-state index in [1.807, 2.05) is 18.2 Å². The van der Waals surface area contributed by atoms with Gasteiger partial charge in [-0.25, -0.2) is 4.39 Å². The predicted molar refractivity (Wildman–Crippen MR) is 82.0 cm³/mol. The third-order valence-corrected chi connectivity index (χ3v) is 4.24. The molecule has 0 radical (unpaired) electrons. The lowest BCUT2D eigenvalue weighted by Crippen LogP contribution is -2.40. The minimum atomic E-state index is -0.142. The Kier molecular flexibility index (Phi) is 4.20. The third-order valence-electron chi connectivity index (χ3n) is 4.24. The molecule has 2 N–H and O–H groups in total. The second-order valence-corrected chi connectivity index (χ2v) is 5.79. The standard InChI is InChI=1S/C18H20FNO/c19-16-3-1-2-14(10-16)15-11-17(12-15)20-9-8-13-4-6-18(21)7-5-13/h1-7,10,15,17,20-21H,8-9,11-12H2. The molecule has 1 aliphatic rings. The van der Waals surface area contributed by atoms with Crippen molar-refractivity contribution >= 4 is 0 Å². The van der Waals surface area contributed by atoms with Crippen LogP contribution in [0.4, 0.5) is 4.39 Å². The lowest BCUT2D eigenvalue weighted by Gasteiger charge is -2.36. The average Bonchev–Trinajstić information content (AvgIpc) is 2.43. The molecule has 3 rings (SSSR count). The van der Waals surface area contributed by atoms with Crippen LogP contribution in [0.5, 0.6) is 5.75 Å². The molecule has 0 atom stereocenters. The highest BCUT2D eigenvalue weighted by molar-refractivity contribution is 5.26. The Morgan fingerprint density at radius 2 is 1.86 bits per heavy atom. The molecular weight excluding hydrogens is 265 g/mol. The maximum absolute atomic E-state index is 13.2. The van der Waals surface area contributed by atoms with Gasteiger partial charge in [-0.1, -0.05) is 24.3 Å². The second kappa shape index (κ2) is 6.27. The van der Waals surface area contributed by atoms with Gasteiger partial charge in [-0.3, -0.25) is 0 Å². The molecule has 0 spiro atoms. The summed E-state index contributed by atoms with van der Waals surface area (Å²) in [6.45, 7) is 0.936. The van der Waals surface area contributed by atoms with E-state index in [4.69, 9.17) is 0 Å². The molecule has 2 aromatic carbocycles. The molecule has 0 unspecified atom stereocenters. The fourth-order valence-corrected chi connectivity index (χ4v) is 2.90. The first-order chi connectivity index (χ1) is 10.2. The summed E-state index contributed by atoms with van der Waals surface area (Å²) in [5.41, 5.74) is 2.34. The highest BCUT2D eigenvalue weighted by Crippen LogP contribution is 2.36. The van der Waals surface area contributed by atoms with Gasteiger partial charge in [0.2, 0.25) is 0 Å². The second-order valence-electron chi connectivity index (χ2n) is 5.79. The first kappa shape index (κ1) is 14.1. The van der Waals surface area contributed by atoms with Crippen LogP contribution >= 0.6 is 0 Å². The van der Waals surface area contributed by atoms with Crippen LogP contribution in [0.25, 0.3) is 0 Å². The van der Waals surface area contributed by atoms with Crippen molar-refractivity contribution in [3.8, 4) is 5.75 Å². The van der Waals surface area contributed by atoms with Crippen molar-refractivity contribution in [2.75, 3.05) is 6.54 Å². The summed E-state index contributed by atoms with van der Waals surface area (Å²) >= 11 is 0. The highest BCUT2D eigenvalue weighted by atomic mass is 19.1. The van der Waals surface area contributed by atoms with Crippen LogP contribution in [-0.2, 0) is 6.42 Å². The van der Waals surface area contributed by atoms with Crippen molar-refractivity contribution in [3.63, 3.8) is 0 Å². The summed E-state index contributed by atoms with van der Waals surface area (Å²) in [5, 5.41) is 12.8. The van der Waals surface area contributed by atoms with Gasteiger partial charge in [-0.2, -0.15) is 0 Å². The zero-order valence-corrected chi connectivity index (χ0v) is 11.9. The van der Waals surface area contributed by atoms with E-state index in [9.17, 15) is 9.50 Å². The fourth-order valence-electron chi connectivity index (χ4n) is 2.90. The van der Waals surface area contributed by atoms with E-state index >= 15 is 0 Å². The molecule has 0 saturated heterocycles. The van der Waals surface area contributed by atoms with Crippen LogP contribution in [0.1, 0.15) is 29.9 Å². The summed E-state index contributed by atoms with van der Waals surface area (Å²) in [6, 6.07) is 14.8. The maximum Gasteiger partial charge on any atom is 0.123 e. The van der Waals surface area contributed by atoms with Gasteiger partial charge in [0.15, 0.2) is 0 Å². The van der Waals surface area contributed by atoms with Gasteiger partial charge in [0.1, 0.15) is 11.6 Å². The highest BCUT2D eigenvalue weighted by Gasteiger charge is 2.29. The van der Waals surface area contributed by atoms with Crippen LogP contribution in [0, 0.1) is 5.82 Å². The Bertz CT molecular complexity index is 590. The number of nitrogens with one attached hydrogen (secondary N) is 1. The number of phenols is 1. The van der Waals surface area contributed by atoms with Crippen LogP contribution in [-0.4, -0.2) is 17.7 Å². The van der Waals surface area contributed by atoms with Gasteiger partial charge < -0.3 is 10.4 Å². The Morgan fingerprint density at radius 1 is 1.10 bits per heavy atom. The molecule has 3 heteroatoms. The van der Waals surface area contributed by atoms with Gasteiger partial charge >= 0.3 is 0 Å². The number of aromatic hydroxyl groups is 1. The lowest BCUT2D eigenvalue weighted by molar-refractivity contribution is 0.292. The molecule has 0 bridgehead atoms. The summed E-state index contributed by atoms with van der Waals surface area (Å²) < 4.78 is 13.2. The van der Waals surface area contributed by atoms with E-state index in [1.165, 1.54) is 11.6 Å². The zero-order valence-electron chi connectivity index (χ0n) is 11.9. The normalized spacial score (nSPS) is 21.0. The fraction of sp³-hybridized carbons (Fsp3) is 0.333. The number of hydrogen-bond acceptors (Lipinski definition) is 2.